The average molecular weight is 619 g/mol. The van der Waals surface area contributed by atoms with E-state index < -0.39 is 46.4 Å². The number of rotatable bonds is 10. The van der Waals surface area contributed by atoms with Crippen LogP contribution in [0.2, 0.25) is 36.3 Å². The van der Waals surface area contributed by atoms with Gasteiger partial charge in [-0.3, -0.25) is 9.36 Å². The van der Waals surface area contributed by atoms with Gasteiger partial charge in [0.25, 0.3) is 0 Å². The van der Waals surface area contributed by atoms with Crippen molar-refractivity contribution >= 4 is 28.4 Å². The number of anilines is 1. The zero-order valence-electron chi connectivity index (χ0n) is 26.9. The number of aliphatic hydroxyl groups is 1. The Morgan fingerprint density at radius 3 is 2.21 bits per heavy atom. The molecule has 1 aromatic heterocycles. The molecule has 0 bridgehead atoms. The minimum Gasteiger partial charge on any atom is -0.414 e. The van der Waals surface area contributed by atoms with Gasteiger partial charge in [-0.15, -0.1) is 0 Å². The van der Waals surface area contributed by atoms with Gasteiger partial charge in [0.15, 0.2) is 22.9 Å². The molecule has 0 saturated carbocycles. The predicted octanol–water partition coefficient (Wildman–Crippen LogP) is 4.57. The normalized spacial score (nSPS) is 23.6. The Morgan fingerprint density at radius 1 is 1.07 bits per heavy atom. The molecule has 1 aliphatic heterocycles. The van der Waals surface area contributed by atoms with Crippen molar-refractivity contribution in [2.75, 3.05) is 12.3 Å². The molecule has 1 amide bonds. The van der Waals surface area contributed by atoms with Crippen LogP contribution < -0.4 is 16.7 Å². The van der Waals surface area contributed by atoms with Crippen molar-refractivity contribution < 1.29 is 23.5 Å². The van der Waals surface area contributed by atoms with Crippen molar-refractivity contribution in [2.24, 2.45) is 0 Å². The summed E-state index contributed by atoms with van der Waals surface area (Å²) in [7, 11) is -4.84. The summed E-state index contributed by atoms with van der Waals surface area (Å²) >= 11 is 0. The van der Waals surface area contributed by atoms with Gasteiger partial charge in [0.1, 0.15) is 23.6 Å². The minimum absolute atomic E-state index is 0.0317. The molecule has 10 nitrogen and oxygen atoms in total. The zero-order valence-corrected chi connectivity index (χ0v) is 28.9. The lowest BCUT2D eigenvalue weighted by Crippen LogP contribution is -2.58. The minimum atomic E-state index is -2.57. The first-order valence-electron chi connectivity index (χ1n) is 14.5. The molecule has 2 heterocycles. The average Bonchev–Trinajstić information content (AvgIpc) is 3.11. The molecule has 0 unspecified atom stereocenters. The maximum absolute atomic E-state index is 13.4. The largest absolute Gasteiger partial charge is 0.414 e. The van der Waals surface area contributed by atoms with E-state index in [0.29, 0.717) is 6.54 Å². The monoisotopic (exact) mass is 618 g/mol. The first kappa shape index (κ1) is 34.1. The molecule has 3 rings (SSSR count). The fourth-order valence-electron chi connectivity index (χ4n) is 4.29. The number of benzene rings is 1. The van der Waals surface area contributed by atoms with Crippen molar-refractivity contribution in [3.8, 4) is 0 Å². The summed E-state index contributed by atoms with van der Waals surface area (Å²) in [5.41, 5.74) is 4.26. The Kier molecular flexibility index (Phi) is 10.0. The van der Waals surface area contributed by atoms with E-state index >= 15 is 0 Å². The molecular weight excluding hydrogens is 569 g/mol. The Morgan fingerprint density at radius 2 is 1.67 bits per heavy atom. The number of carbonyl (C=O) groups excluding carboxylic acids is 1. The molecule has 0 aliphatic carbocycles. The topological polar surface area (TPSA) is 138 Å². The SMILES string of the molecule is CC(C)(C)[Si](C)(C)OC[C@H]1O[C@@H](n2ccc(N)nc2=O)[C@H](O[Si](C)(C)C(C)(C)C)[C@@]1(O)CC(=O)NCc1ccccc1. The van der Waals surface area contributed by atoms with Crippen LogP contribution in [0, 0.1) is 0 Å². The van der Waals surface area contributed by atoms with Crippen LogP contribution in [0.15, 0.2) is 47.4 Å². The van der Waals surface area contributed by atoms with Gasteiger partial charge in [0.2, 0.25) is 5.91 Å². The van der Waals surface area contributed by atoms with E-state index in [-0.39, 0.29) is 34.8 Å². The predicted molar refractivity (Wildman–Crippen MR) is 170 cm³/mol. The maximum atomic E-state index is 13.4. The summed E-state index contributed by atoms with van der Waals surface area (Å²) in [4.78, 5) is 30.4. The van der Waals surface area contributed by atoms with Crippen LogP contribution >= 0.6 is 0 Å². The number of nitrogens with zero attached hydrogens (tertiary/aromatic N) is 2. The summed E-state index contributed by atoms with van der Waals surface area (Å²) in [6, 6.07) is 11.1. The van der Waals surface area contributed by atoms with Crippen molar-refractivity contribution in [1.82, 2.24) is 14.9 Å². The molecule has 12 heteroatoms. The highest BCUT2D eigenvalue weighted by molar-refractivity contribution is 6.74. The molecule has 0 radical (unpaired) electrons. The van der Waals surface area contributed by atoms with E-state index in [0.717, 1.165) is 5.56 Å². The van der Waals surface area contributed by atoms with Gasteiger partial charge in [-0.25, -0.2) is 4.79 Å². The van der Waals surface area contributed by atoms with Crippen molar-refractivity contribution in [2.45, 2.75) is 115 Å². The fourth-order valence-corrected chi connectivity index (χ4v) is 6.60. The number of carbonyl (C=O) groups is 1. The highest BCUT2D eigenvalue weighted by atomic mass is 28.4. The fraction of sp³-hybridized carbons (Fsp3) is 0.633. The molecule has 4 N–H and O–H groups in total. The molecule has 4 atom stereocenters. The van der Waals surface area contributed by atoms with E-state index in [2.05, 4.69) is 78.0 Å². The molecule has 1 saturated heterocycles. The lowest BCUT2D eigenvalue weighted by molar-refractivity contribution is -0.136. The molecular formula is C30H50N4O6Si2. The number of nitrogens with two attached hydrogens (primary N) is 1. The lowest BCUT2D eigenvalue weighted by atomic mass is 9.88. The van der Waals surface area contributed by atoms with Crippen LogP contribution in [-0.4, -0.2) is 61.6 Å². The third-order valence-corrected chi connectivity index (χ3v) is 18.1. The van der Waals surface area contributed by atoms with Crippen LogP contribution in [0.5, 0.6) is 0 Å². The second-order valence-corrected chi connectivity index (χ2v) is 23.9. The van der Waals surface area contributed by atoms with Gasteiger partial charge in [-0.1, -0.05) is 71.9 Å². The highest BCUT2D eigenvalue weighted by Gasteiger charge is 2.61. The number of nitrogens with one attached hydrogen (secondary N) is 1. The van der Waals surface area contributed by atoms with E-state index in [1.54, 1.807) is 0 Å². The quantitative estimate of drug-likeness (QED) is 0.329. The number of hydrogen-bond donors (Lipinski definition) is 3. The first-order chi connectivity index (χ1) is 19.2. The van der Waals surface area contributed by atoms with Gasteiger partial charge in [0, 0.05) is 12.7 Å². The summed E-state index contributed by atoms with van der Waals surface area (Å²) in [6.07, 6.45) is -1.89. The number of hydrogen-bond acceptors (Lipinski definition) is 8. The standard InChI is InChI=1S/C30H50N4O6Si2/c1-28(2,3)41(7,8)38-20-22-30(37,18-24(35)32-19-21-14-12-11-13-15-21)25(40-42(9,10)29(4,5)6)26(39-22)34-17-16-23(31)33-27(34)36/h11-17,22,25-26,37H,18-20H2,1-10H3,(H,32,35)(H2,31,33,36)/t22-,25+,26-,30-/m1/s1. The highest BCUT2D eigenvalue weighted by Crippen LogP contribution is 2.47. The second-order valence-electron chi connectivity index (χ2n) is 14.4. The molecule has 1 aliphatic rings. The van der Waals surface area contributed by atoms with Gasteiger partial charge in [-0.2, -0.15) is 4.98 Å². The van der Waals surface area contributed by atoms with E-state index in [4.69, 9.17) is 19.3 Å². The molecule has 42 heavy (non-hydrogen) atoms. The summed E-state index contributed by atoms with van der Waals surface area (Å²) < 4.78 is 21.1. The van der Waals surface area contributed by atoms with Crippen LogP contribution in [0.4, 0.5) is 5.82 Å². The maximum Gasteiger partial charge on any atom is 0.351 e. The molecule has 0 spiro atoms. The third kappa shape index (κ3) is 7.58. The summed E-state index contributed by atoms with van der Waals surface area (Å²) in [5.74, 6) is -0.293. The van der Waals surface area contributed by atoms with Crippen LogP contribution in [0.1, 0.15) is 59.8 Å². The number of nitrogen functional groups attached to an aromatic ring is 1. The smallest absolute Gasteiger partial charge is 0.351 e. The van der Waals surface area contributed by atoms with E-state index in [1.165, 1.54) is 16.8 Å². The Hall–Kier alpha value is -2.36. The third-order valence-electron chi connectivity index (χ3n) is 9.14. The summed E-state index contributed by atoms with van der Waals surface area (Å²) in [6.45, 7) is 21.3. The second kappa shape index (κ2) is 12.3. The lowest BCUT2D eigenvalue weighted by Gasteiger charge is -2.43. The van der Waals surface area contributed by atoms with Crippen molar-refractivity contribution in [3.63, 3.8) is 0 Å². The van der Waals surface area contributed by atoms with Crippen molar-refractivity contribution in [3.05, 3.63) is 58.6 Å². The van der Waals surface area contributed by atoms with Gasteiger partial charge in [-0.05, 0) is 47.9 Å². The number of amides is 1. The van der Waals surface area contributed by atoms with Gasteiger partial charge >= 0.3 is 5.69 Å². The van der Waals surface area contributed by atoms with E-state index in [1.807, 2.05) is 30.3 Å². The molecule has 1 aromatic carbocycles. The molecule has 1 fully saturated rings. The summed E-state index contributed by atoms with van der Waals surface area (Å²) in [5, 5.41) is 15.2. The van der Waals surface area contributed by atoms with Gasteiger partial charge < -0.3 is 29.7 Å². The van der Waals surface area contributed by atoms with Crippen LogP contribution in [0.25, 0.3) is 0 Å². The Balaban J connectivity index is 2.06. The van der Waals surface area contributed by atoms with Crippen LogP contribution in [0.3, 0.4) is 0 Å². The molecule has 234 valence electrons. The van der Waals surface area contributed by atoms with Crippen LogP contribution in [-0.2, 0) is 24.9 Å². The Bertz CT molecular complexity index is 1290. The Labute approximate surface area is 252 Å². The van der Waals surface area contributed by atoms with E-state index in [9.17, 15) is 14.7 Å². The zero-order chi connectivity index (χ0) is 31.7. The number of ether oxygens (including phenoxy) is 1. The van der Waals surface area contributed by atoms with Gasteiger partial charge in [0.05, 0.1) is 13.0 Å². The van der Waals surface area contributed by atoms with Crippen molar-refractivity contribution in [1.29, 1.82) is 0 Å². The first-order valence-corrected chi connectivity index (χ1v) is 20.3. The number of aromatic nitrogens is 2. The molecule has 2 aromatic rings.